The molecule has 0 spiro atoms. The van der Waals surface area contributed by atoms with Gasteiger partial charge in [0.15, 0.2) is 0 Å². The predicted molar refractivity (Wildman–Crippen MR) is 110 cm³/mol. The van der Waals surface area contributed by atoms with Gasteiger partial charge in [-0.15, -0.1) is 6.58 Å². The minimum Gasteiger partial charge on any atom is -0.330 e. The molecule has 1 aliphatic carbocycles. The molecular formula is C22H23ClN2O. The maximum atomic E-state index is 11.7. The molecule has 0 aromatic heterocycles. The molecule has 4 rings (SSSR count). The number of nitrogens with two attached hydrogens (primary N) is 1. The number of hydrogen-bond acceptors (Lipinski definition) is 2. The lowest BCUT2D eigenvalue weighted by Crippen LogP contribution is -2.19. The van der Waals surface area contributed by atoms with Gasteiger partial charge in [0.05, 0.1) is 10.7 Å². The van der Waals surface area contributed by atoms with Gasteiger partial charge in [-0.1, -0.05) is 48.5 Å². The second-order valence-electron chi connectivity index (χ2n) is 6.78. The molecule has 0 radical (unpaired) electrons. The molecule has 3 N–H and O–H groups in total. The molecule has 2 aliphatic rings. The first-order valence-corrected chi connectivity index (χ1v) is 9.06. The van der Waals surface area contributed by atoms with E-state index in [9.17, 15) is 4.79 Å². The van der Waals surface area contributed by atoms with Gasteiger partial charge < -0.3 is 11.1 Å². The van der Waals surface area contributed by atoms with Crippen molar-refractivity contribution < 1.29 is 4.79 Å². The van der Waals surface area contributed by atoms with Gasteiger partial charge in [-0.2, -0.15) is 0 Å². The number of allylic oxidation sites excluding steroid dienone is 1. The summed E-state index contributed by atoms with van der Waals surface area (Å²) in [6.45, 7) is 9.78. The van der Waals surface area contributed by atoms with E-state index in [-0.39, 0.29) is 11.3 Å². The number of hydrogen-bond donors (Lipinski definition) is 2. The van der Waals surface area contributed by atoms with Crippen molar-refractivity contribution in [3.63, 3.8) is 0 Å². The molecule has 3 nitrogen and oxygen atoms in total. The Morgan fingerprint density at radius 3 is 2.38 bits per heavy atom. The predicted octanol–water partition coefficient (Wildman–Crippen LogP) is 5.15. The number of nitrogens with one attached hydrogen (secondary N) is 1. The fourth-order valence-corrected chi connectivity index (χ4v) is 3.51. The molecule has 134 valence electrons. The van der Waals surface area contributed by atoms with E-state index >= 15 is 0 Å². The van der Waals surface area contributed by atoms with E-state index < -0.39 is 0 Å². The molecule has 1 saturated carbocycles. The van der Waals surface area contributed by atoms with E-state index in [2.05, 4.69) is 42.7 Å². The van der Waals surface area contributed by atoms with Crippen molar-refractivity contribution >= 4 is 28.8 Å². The van der Waals surface area contributed by atoms with Gasteiger partial charge in [-0.3, -0.25) is 4.79 Å². The molecule has 0 saturated heterocycles. The van der Waals surface area contributed by atoms with Crippen LogP contribution in [0.4, 0.5) is 5.69 Å². The summed E-state index contributed by atoms with van der Waals surface area (Å²) in [4.78, 5) is 11.7. The van der Waals surface area contributed by atoms with Crippen LogP contribution in [-0.2, 0) is 10.2 Å². The summed E-state index contributed by atoms with van der Waals surface area (Å²) in [5.74, 6) is -0.165. The summed E-state index contributed by atoms with van der Waals surface area (Å²) < 4.78 is 0. The van der Waals surface area contributed by atoms with E-state index in [0.29, 0.717) is 17.1 Å². The Labute approximate surface area is 159 Å². The van der Waals surface area contributed by atoms with Gasteiger partial charge in [0.25, 0.3) is 5.91 Å². The molecule has 2 aromatic carbocycles. The Hall–Kier alpha value is -2.36. The molecule has 4 heteroatoms. The van der Waals surface area contributed by atoms with Crippen molar-refractivity contribution in [3.8, 4) is 11.1 Å². The highest BCUT2D eigenvalue weighted by Crippen LogP contribution is 2.47. The first kappa shape index (κ1) is 18.4. The first-order chi connectivity index (χ1) is 12.5. The zero-order valence-corrected chi connectivity index (χ0v) is 15.7. The lowest BCUT2D eigenvalue weighted by molar-refractivity contribution is -0.110. The van der Waals surface area contributed by atoms with E-state index in [0.717, 1.165) is 35.2 Å². The van der Waals surface area contributed by atoms with E-state index in [4.69, 9.17) is 17.3 Å². The summed E-state index contributed by atoms with van der Waals surface area (Å²) in [6, 6.07) is 12.1. The highest BCUT2D eigenvalue weighted by Gasteiger charge is 2.42. The van der Waals surface area contributed by atoms with E-state index in [1.54, 1.807) is 12.1 Å². The maximum Gasteiger partial charge on any atom is 0.255 e. The Morgan fingerprint density at radius 2 is 1.85 bits per heavy atom. The fraction of sp³-hybridized carbons (Fsp3) is 0.227. The fourth-order valence-electron chi connectivity index (χ4n) is 3.23. The molecule has 0 bridgehead atoms. The van der Waals surface area contributed by atoms with Crippen LogP contribution in [0, 0.1) is 0 Å². The summed E-state index contributed by atoms with van der Waals surface area (Å²) >= 11 is 6.41. The summed E-state index contributed by atoms with van der Waals surface area (Å²) in [5, 5.41) is 3.39. The van der Waals surface area contributed by atoms with Crippen molar-refractivity contribution in [2.45, 2.75) is 25.2 Å². The standard InChI is InChI=1S/C19H17ClN2O.C3H6/c1-11-14-8-15(16(20)9-17(14)22-18(11)23)12-2-4-13(5-3-12)19(10-21)6-7-19;1-3-2/h2-5,8-9H,1,6-7,10,21H2,(H,22,23);3H,1H2,2H3. The van der Waals surface area contributed by atoms with Crippen LogP contribution in [0.25, 0.3) is 16.7 Å². The molecule has 0 atom stereocenters. The summed E-state index contributed by atoms with van der Waals surface area (Å²) in [7, 11) is 0. The normalized spacial score (nSPS) is 16.3. The third-order valence-corrected chi connectivity index (χ3v) is 5.32. The Morgan fingerprint density at radius 1 is 1.23 bits per heavy atom. The lowest BCUT2D eigenvalue weighted by Gasteiger charge is -2.14. The molecule has 1 aliphatic heterocycles. The van der Waals surface area contributed by atoms with Crippen molar-refractivity contribution in [2.75, 3.05) is 11.9 Å². The van der Waals surface area contributed by atoms with Gasteiger partial charge in [0.1, 0.15) is 0 Å². The van der Waals surface area contributed by atoms with Crippen LogP contribution in [-0.4, -0.2) is 12.5 Å². The van der Waals surface area contributed by atoms with Crippen LogP contribution in [0.5, 0.6) is 0 Å². The first-order valence-electron chi connectivity index (χ1n) is 8.68. The van der Waals surface area contributed by atoms with Crippen LogP contribution >= 0.6 is 11.6 Å². The number of amides is 1. The monoisotopic (exact) mass is 366 g/mol. The van der Waals surface area contributed by atoms with Crippen LogP contribution in [0.15, 0.2) is 55.6 Å². The molecule has 1 amide bonds. The topological polar surface area (TPSA) is 55.1 Å². The van der Waals surface area contributed by atoms with Crippen molar-refractivity contribution in [1.82, 2.24) is 0 Å². The van der Waals surface area contributed by atoms with Gasteiger partial charge >= 0.3 is 0 Å². The van der Waals surface area contributed by atoms with Crippen molar-refractivity contribution in [2.24, 2.45) is 5.73 Å². The van der Waals surface area contributed by atoms with E-state index in [1.807, 2.05) is 13.0 Å². The summed E-state index contributed by atoms with van der Waals surface area (Å²) in [6.07, 6.45) is 4.08. The highest BCUT2D eigenvalue weighted by molar-refractivity contribution is 6.36. The number of rotatable bonds is 3. The number of carbonyl (C=O) groups excluding carboxylic acids is 1. The zero-order chi connectivity index (χ0) is 18.9. The highest BCUT2D eigenvalue weighted by atomic mass is 35.5. The largest absolute Gasteiger partial charge is 0.330 e. The molecule has 1 fully saturated rings. The number of halogens is 1. The molecular weight excluding hydrogens is 344 g/mol. The SMILES string of the molecule is C=C1C(=O)Nc2cc(Cl)c(-c3ccc(C4(CN)CC4)cc3)cc21.C=CC. The number of carbonyl (C=O) groups is 1. The van der Waals surface area contributed by atoms with Gasteiger partial charge in [0, 0.05) is 28.7 Å². The summed E-state index contributed by atoms with van der Waals surface area (Å²) in [5.41, 5.74) is 11.3. The quantitative estimate of drug-likeness (QED) is 0.582. The van der Waals surface area contributed by atoms with Gasteiger partial charge in [-0.25, -0.2) is 0 Å². The number of fused-ring (bicyclic) bond motifs is 1. The van der Waals surface area contributed by atoms with Gasteiger partial charge in [-0.05, 0) is 43.0 Å². The van der Waals surface area contributed by atoms with Crippen LogP contribution < -0.4 is 11.1 Å². The molecule has 2 aromatic rings. The Kier molecular flexibility index (Phi) is 5.03. The van der Waals surface area contributed by atoms with Crippen molar-refractivity contribution in [3.05, 3.63) is 71.8 Å². The third kappa shape index (κ3) is 3.20. The Bertz CT molecular complexity index is 880. The molecule has 1 heterocycles. The van der Waals surface area contributed by atoms with Crippen LogP contribution in [0.1, 0.15) is 30.9 Å². The minimum absolute atomic E-state index is 0.165. The van der Waals surface area contributed by atoms with E-state index in [1.165, 1.54) is 5.56 Å². The van der Waals surface area contributed by atoms with Crippen LogP contribution in [0.2, 0.25) is 5.02 Å². The Balaban J connectivity index is 0.000000613. The molecule has 26 heavy (non-hydrogen) atoms. The number of benzene rings is 2. The number of anilines is 1. The molecule has 0 unspecified atom stereocenters. The second kappa shape index (κ2) is 7.10. The average molecular weight is 367 g/mol. The second-order valence-corrected chi connectivity index (χ2v) is 7.19. The smallest absolute Gasteiger partial charge is 0.255 e. The van der Waals surface area contributed by atoms with Crippen LogP contribution in [0.3, 0.4) is 0 Å². The zero-order valence-electron chi connectivity index (χ0n) is 14.9. The lowest BCUT2D eigenvalue weighted by atomic mass is 9.93. The third-order valence-electron chi connectivity index (χ3n) is 5.01. The maximum absolute atomic E-state index is 11.7. The van der Waals surface area contributed by atoms with Crippen molar-refractivity contribution in [1.29, 1.82) is 0 Å². The average Bonchev–Trinajstić information content (AvgIpc) is 3.38. The minimum atomic E-state index is -0.165. The van der Waals surface area contributed by atoms with Gasteiger partial charge in [0.2, 0.25) is 0 Å².